The molecule has 3 heterocycles. The number of aryl methyl sites for hydroxylation is 2. The zero-order chi connectivity index (χ0) is 29.2. The van der Waals surface area contributed by atoms with E-state index in [1.54, 1.807) is 20.4 Å². The van der Waals surface area contributed by atoms with Crippen molar-refractivity contribution in [1.29, 1.82) is 0 Å². The Balaban J connectivity index is 0.999. The van der Waals surface area contributed by atoms with Crippen molar-refractivity contribution in [3.05, 3.63) is 59.9 Å². The summed E-state index contributed by atoms with van der Waals surface area (Å²) in [5.41, 5.74) is 4.04. The molecule has 3 aromatic rings. The number of nitrogens with one attached hydrogen (secondary N) is 1. The molecule has 8 nitrogen and oxygen atoms in total. The van der Waals surface area contributed by atoms with Gasteiger partial charge in [-0.05, 0) is 113 Å². The fraction of sp³-hybridized carbons (Fsp3) is 0.576. The Morgan fingerprint density at radius 3 is 2.33 bits per heavy atom. The van der Waals surface area contributed by atoms with Crippen molar-refractivity contribution in [3.63, 3.8) is 0 Å². The van der Waals surface area contributed by atoms with Crippen LogP contribution in [-0.4, -0.2) is 74.9 Å². The number of rotatable bonds is 10. The smallest absolute Gasteiger partial charge is 0.211 e. The van der Waals surface area contributed by atoms with Crippen LogP contribution in [0.25, 0.3) is 10.9 Å². The zero-order valence-corrected chi connectivity index (χ0v) is 25.9. The molecule has 1 spiro atoms. The van der Waals surface area contributed by atoms with Crippen LogP contribution in [0.5, 0.6) is 5.75 Å². The molecule has 2 aromatic carbocycles. The summed E-state index contributed by atoms with van der Waals surface area (Å²) in [6.45, 7) is 7.34. The minimum atomic E-state index is -3.10. The first kappa shape index (κ1) is 29.3. The molecule has 0 amide bonds. The van der Waals surface area contributed by atoms with E-state index in [-0.39, 0.29) is 11.8 Å². The van der Waals surface area contributed by atoms with Gasteiger partial charge in [-0.1, -0.05) is 18.2 Å². The quantitative estimate of drug-likeness (QED) is 0.362. The first-order valence-electron chi connectivity index (χ1n) is 15.7. The van der Waals surface area contributed by atoms with Gasteiger partial charge >= 0.3 is 0 Å². The Morgan fingerprint density at radius 1 is 0.952 bits per heavy atom. The highest BCUT2D eigenvalue weighted by Gasteiger charge is 2.46. The van der Waals surface area contributed by atoms with Gasteiger partial charge in [-0.2, -0.15) is 0 Å². The predicted octanol–water partition coefficient (Wildman–Crippen LogP) is 4.82. The summed E-state index contributed by atoms with van der Waals surface area (Å²) < 4.78 is 32.0. The lowest BCUT2D eigenvalue weighted by molar-refractivity contribution is 0.0621. The number of ether oxygens (including phenoxy) is 1. The van der Waals surface area contributed by atoms with Gasteiger partial charge in [0, 0.05) is 36.5 Å². The van der Waals surface area contributed by atoms with Gasteiger partial charge in [0.2, 0.25) is 10.0 Å². The van der Waals surface area contributed by atoms with E-state index in [1.807, 2.05) is 12.1 Å². The largest absolute Gasteiger partial charge is 0.497 e. The number of aromatic nitrogens is 2. The zero-order valence-electron chi connectivity index (χ0n) is 25.1. The topological polar surface area (TPSA) is 87.7 Å². The van der Waals surface area contributed by atoms with E-state index in [9.17, 15) is 8.42 Å². The van der Waals surface area contributed by atoms with E-state index < -0.39 is 10.0 Å². The highest BCUT2D eigenvalue weighted by atomic mass is 32.2. The standard InChI is InChI=1S/C33H45N5O3S/c1-3-42(39,40)36-28-11-6-27(7-12-28)21-37-18-16-33(17-19-37)22-38(23-33)32-30-20-26(10-15-31(30)34-24-35-32)5-4-25-8-13-29(41-2)14-9-25/h8-10,13-15,20,24,27-28,36H,3-7,11-12,16-19,21-23H2,1-2H3. The Bertz CT molecular complexity index is 1450. The molecule has 0 atom stereocenters. The van der Waals surface area contributed by atoms with E-state index in [1.165, 1.54) is 24.0 Å². The van der Waals surface area contributed by atoms with Crippen molar-refractivity contribution >= 4 is 26.7 Å². The molecule has 3 fully saturated rings. The number of hydrogen-bond donors (Lipinski definition) is 1. The second-order valence-electron chi connectivity index (χ2n) is 12.8. The Kier molecular flexibility index (Phi) is 8.70. The van der Waals surface area contributed by atoms with Crippen LogP contribution in [0.2, 0.25) is 0 Å². The molecule has 6 rings (SSSR count). The van der Waals surface area contributed by atoms with Gasteiger partial charge in [0.1, 0.15) is 17.9 Å². The third-order valence-electron chi connectivity index (χ3n) is 9.90. The monoisotopic (exact) mass is 591 g/mol. The van der Waals surface area contributed by atoms with Crippen LogP contribution in [0.1, 0.15) is 56.6 Å². The summed E-state index contributed by atoms with van der Waals surface area (Å²) in [6, 6.07) is 15.1. The van der Waals surface area contributed by atoms with E-state index in [2.05, 4.69) is 49.8 Å². The molecular formula is C33H45N5O3S. The molecule has 226 valence electrons. The number of anilines is 1. The fourth-order valence-electron chi connectivity index (χ4n) is 7.18. The number of piperidine rings is 1. The minimum Gasteiger partial charge on any atom is -0.497 e. The Hall–Kier alpha value is -2.75. The lowest BCUT2D eigenvalue weighted by Crippen LogP contribution is -2.61. The average Bonchev–Trinajstić information content (AvgIpc) is 3.00. The van der Waals surface area contributed by atoms with Crippen LogP contribution < -0.4 is 14.4 Å². The summed E-state index contributed by atoms with van der Waals surface area (Å²) in [5.74, 6) is 2.82. The molecule has 1 N–H and O–H groups in total. The van der Waals surface area contributed by atoms with Gasteiger partial charge in [0.15, 0.2) is 0 Å². The normalized spacial score (nSPS) is 22.8. The molecule has 0 bridgehead atoms. The third kappa shape index (κ3) is 6.74. The molecule has 1 aliphatic carbocycles. The highest BCUT2D eigenvalue weighted by molar-refractivity contribution is 7.89. The van der Waals surface area contributed by atoms with E-state index >= 15 is 0 Å². The second kappa shape index (κ2) is 12.5. The number of benzene rings is 2. The molecule has 9 heteroatoms. The third-order valence-corrected chi connectivity index (χ3v) is 11.4. The van der Waals surface area contributed by atoms with Gasteiger partial charge in [-0.3, -0.25) is 0 Å². The SMILES string of the molecule is CCS(=O)(=O)NC1CCC(CN2CCC3(CC2)CN(c2ncnc4ccc(CCc5ccc(OC)cc5)cc24)C3)CC1. The lowest BCUT2D eigenvalue weighted by atomic mass is 9.71. The lowest BCUT2D eigenvalue weighted by Gasteiger charge is -2.55. The maximum atomic E-state index is 11.9. The van der Waals surface area contributed by atoms with Crippen molar-refractivity contribution in [1.82, 2.24) is 19.6 Å². The van der Waals surface area contributed by atoms with Crippen molar-refractivity contribution in [2.75, 3.05) is 50.5 Å². The van der Waals surface area contributed by atoms with Gasteiger partial charge < -0.3 is 14.5 Å². The van der Waals surface area contributed by atoms with Gasteiger partial charge in [-0.15, -0.1) is 0 Å². The number of sulfonamides is 1. The Labute approximate surface area is 250 Å². The van der Waals surface area contributed by atoms with E-state index in [0.29, 0.717) is 11.3 Å². The van der Waals surface area contributed by atoms with Gasteiger partial charge in [-0.25, -0.2) is 23.1 Å². The maximum absolute atomic E-state index is 11.9. The predicted molar refractivity (Wildman–Crippen MR) is 169 cm³/mol. The number of hydrogen-bond acceptors (Lipinski definition) is 7. The van der Waals surface area contributed by atoms with Crippen molar-refractivity contribution in [2.45, 2.75) is 64.3 Å². The first-order valence-corrected chi connectivity index (χ1v) is 17.3. The van der Waals surface area contributed by atoms with E-state index in [0.717, 1.165) is 93.7 Å². The molecule has 0 radical (unpaired) electrons. The molecule has 2 saturated heterocycles. The maximum Gasteiger partial charge on any atom is 0.211 e. The number of likely N-dealkylation sites (tertiary alicyclic amines) is 1. The highest BCUT2D eigenvalue weighted by Crippen LogP contribution is 2.44. The molecule has 1 saturated carbocycles. The molecule has 2 aliphatic heterocycles. The van der Waals surface area contributed by atoms with Crippen LogP contribution >= 0.6 is 0 Å². The second-order valence-corrected chi connectivity index (χ2v) is 14.8. The Morgan fingerprint density at radius 2 is 1.64 bits per heavy atom. The summed E-state index contributed by atoms with van der Waals surface area (Å²) >= 11 is 0. The molecule has 42 heavy (non-hydrogen) atoms. The van der Waals surface area contributed by atoms with Crippen LogP contribution in [0.3, 0.4) is 0 Å². The first-order chi connectivity index (χ1) is 20.3. The molecular weight excluding hydrogens is 546 g/mol. The molecule has 3 aliphatic rings. The summed E-state index contributed by atoms with van der Waals surface area (Å²) in [7, 11) is -1.40. The van der Waals surface area contributed by atoms with Crippen LogP contribution in [0.4, 0.5) is 5.82 Å². The number of nitrogens with zero attached hydrogens (tertiary/aromatic N) is 4. The number of fused-ring (bicyclic) bond motifs is 1. The van der Waals surface area contributed by atoms with Crippen molar-refractivity contribution in [2.24, 2.45) is 11.3 Å². The minimum absolute atomic E-state index is 0.124. The van der Waals surface area contributed by atoms with Crippen molar-refractivity contribution < 1.29 is 13.2 Å². The number of methoxy groups -OCH3 is 1. The van der Waals surface area contributed by atoms with E-state index in [4.69, 9.17) is 9.72 Å². The molecule has 0 unspecified atom stereocenters. The summed E-state index contributed by atoms with van der Waals surface area (Å²) in [4.78, 5) is 14.4. The van der Waals surface area contributed by atoms with Crippen LogP contribution in [0.15, 0.2) is 48.8 Å². The molecule has 1 aromatic heterocycles. The van der Waals surface area contributed by atoms with Crippen LogP contribution in [0, 0.1) is 11.3 Å². The van der Waals surface area contributed by atoms with Gasteiger partial charge in [0.05, 0.1) is 18.4 Å². The fourth-order valence-corrected chi connectivity index (χ4v) is 8.09. The summed E-state index contributed by atoms with van der Waals surface area (Å²) in [6.07, 6.45) is 10.3. The van der Waals surface area contributed by atoms with Gasteiger partial charge in [0.25, 0.3) is 0 Å². The average molecular weight is 592 g/mol. The summed E-state index contributed by atoms with van der Waals surface area (Å²) in [5, 5.41) is 1.16. The van der Waals surface area contributed by atoms with Crippen molar-refractivity contribution in [3.8, 4) is 5.75 Å². The van der Waals surface area contributed by atoms with Crippen LogP contribution in [-0.2, 0) is 22.9 Å².